The van der Waals surface area contributed by atoms with Gasteiger partial charge in [0.2, 0.25) is 0 Å². The lowest BCUT2D eigenvalue weighted by Gasteiger charge is -2.35. The third-order valence-electron chi connectivity index (χ3n) is 1.65. The van der Waals surface area contributed by atoms with E-state index in [0.29, 0.717) is 6.04 Å². The average Bonchev–Trinajstić information content (AvgIpc) is 1.54. The van der Waals surface area contributed by atoms with Crippen molar-refractivity contribution in [2.45, 2.75) is 38.8 Å². The summed E-state index contributed by atoms with van der Waals surface area (Å²) in [5, 5.41) is 5.62. The first-order chi connectivity index (χ1) is 4.49. The number of urea groups is 1. The Labute approximate surface area is 61.2 Å². The topological polar surface area (TPSA) is 41.1 Å². The molecule has 1 atom stereocenters. The van der Waals surface area contributed by atoms with Crippen molar-refractivity contribution < 1.29 is 4.79 Å². The average molecular weight is 142 g/mol. The van der Waals surface area contributed by atoms with Crippen LogP contribution in [-0.2, 0) is 0 Å². The Kier molecular flexibility index (Phi) is 1.58. The standard InChI is InChI=1S/C7H14N2O/c1-5-4-7(2,3)9-6(10)8-5/h5H,4H2,1-3H3,(H2,8,9,10). The molecule has 1 rings (SSSR count). The fourth-order valence-corrected chi connectivity index (χ4v) is 1.43. The predicted octanol–water partition coefficient (Wildman–Crippen LogP) is 0.856. The van der Waals surface area contributed by atoms with Crippen molar-refractivity contribution in [3.8, 4) is 0 Å². The third kappa shape index (κ3) is 1.62. The van der Waals surface area contributed by atoms with Crippen molar-refractivity contribution in [1.29, 1.82) is 0 Å². The first kappa shape index (κ1) is 7.38. The Morgan fingerprint density at radius 3 is 2.60 bits per heavy atom. The minimum atomic E-state index is -0.0521. The van der Waals surface area contributed by atoms with Gasteiger partial charge in [-0.15, -0.1) is 0 Å². The largest absolute Gasteiger partial charge is 0.336 e. The summed E-state index contributed by atoms with van der Waals surface area (Å²) in [6.07, 6.45) is 0.985. The van der Waals surface area contributed by atoms with Gasteiger partial charge >= 0.3 is 6.03 Å². The van der Waals surface area contributed by atoms with E-state index in [-0.39, 0.29) is 11.6 Å². The molecule has 1 unspecified atom stereocenters. The second-order valence-electron chi connectivity index (χ2n) is 3.59. The van der Waals surface area contributed by atoms with Crippen molar-refractivity contribution in [2.75, 3.05) is 0 Å². The van der Waals surface area contributed by atoms with E-state index < -0.39 is 0 Å². The van der Waals surface area contributed by atoms with Crippen molar-refractivity contribution in [2.24, 2.45) is 0 Å². The molecule has 2 amide bonds. The van der Waals surface area contributed by atoms with E-state index in [9.17, 15) is 4.79 Å². The molecule has 2 N–H and O–H groups in total. The van der Waals surface area contributed by atoms with Gasteiger partial charge in [0.05, 0.1) is 0 Å². The number of rotatable bonds is 0. The molecule has 1 aliphatic heterocycles. The van der Waals surface area contributed by atoms with Crippen LogP contribution in [0.15, 0.2) is 0 Å². The fraction of sp³-hybridized carbons (Fsp3) is 0.857. The molecule has 0 aromatic heterocycles. The number of carbonyl (C=O) groups is 1. The minimum Gasteiger partial charge on any atom is -0.336 e. The van der Waals surface area contributed by atoms with Crippen molar-refractivity contribution in [1.82, 2.24) is 10.6 Å². The Bertz CT molecular complexity index is 154. The van der Waals surface area contributed by atoms with Crippen LogP contribution in [0.1, 0.15) is 27.2 Å². The molecule has 1 saturated heterocycles. The smallest absolute Gasteiger partial charge is 0.315 e. The predicted molar refractivity (Wildman–Crippen MR) is 39.8 cm³/mol. The molecule has 0 bridgehead atoms. The Hall–Kier alpha value is -0.730. The van der Waals surface area contributed by atoms with E-state index in [1.807, 2.05) is 20.8 Å². The maximum absolute atomic E-state index is 10.9. The quantitative estimate of drug-likeness (QED) is 0.517. The summed E-state index contributed by atoms with van der Waals surface area (Å²) >= 11 is 0. The van der Waals surface area contributed by atoms with Crippen LogP contribution < -0.4 is 10.6 Å². The maximum Gasteiger partial charge on any atom is 0.315 e. The number of hydrogen-bond acceptors (Lipinski definition) is 1. The normalized spacial score (nSPS) is 30.7. The van der Waals surface area contributed by atoms with E-state index in [2.05, 4.69) is 10.6 Å². The van der Waals surface area contributed by atoms with Crippen LogP contribution >= 0.6 is 0 Å². The molecule has 1 heterocycles. The summed E-state index contributed by atoms with van der Waals surface area (Å²) in [4.78, 5) is 10.9. The fourth-order valence-electron chi connectivity index (χ4n) is 1.43. The van der Waals surface area contributed by atoms with Gasteiger partial charge < -0.3 is 10.6 Å². The van der Waals surface area contributed by atoms with Crippen molar-refractivity contribution >= 4 is 6.03 Å². The Morgan fingerprint density at radius 2 is 2.20 bits per heavy atom. The molecule has 0 aromatic rings. The van der Waals surface area contributed by atoms with Crippen LogP contribution in [0, 0.1) is 0 Å². The molecule has 0 saturated carbocycles. The number of carbonyl (C=O) groups excluding carboxylic acids is 1. The molecule has 1 fully saturated rings. The van der Waals surface area contributed by atoms with Gasteiger partial charge in [-0.05, 0) is 27.2 Å². The zero-order chi connectivity index (χ0) is 7.78. The van der Waals surface area contributed by atoms with E-state index in [4.69, 9.17) is 0 Å². The van der Waals surface area contributed by atoms with Crippen molar-refractivity contribution in [3.63, 3.8) is 0 Å². The van der Waals surface area contributed by atoms with Crippen molar-refractivity contribution in [3.05, 3.63) is 0 Å². The summed E-state index contributed by atoms with van der Waals surface area (Å²) in [7, 11) is 0. The first-order valence-corrected chi connectivity index (χ1v) is 3.58. The van der Waals surface area contributed by atoms with Gasteiger partial charge in [0.25, 0.3) is 0 Å². The second kappa shape index (κ2) is 2.15. The monoisotopic (exact) mass is 142 g/mol. The summed E-state index contributed by atoms with van der Waals surface area (Å²) in [6, 6.07) is 0.243. The first-order valence-electron chi connectivity index (χ1n) is 3.58. The number of amides is 2. The maximum atomic E-state index is 10.9. The van der Waals surface area contributed by atoms with E-state index in [0.717, 1.165) is 6.42 Å². The molecule has 0 spiro atoms. The number of hydrogen-bond donors (Lipinski definition) is 2. The number of nitrogens with one attached hydrogen (secondary N) is 2. The van der Waals surface area contributed by atoms with Crippen LogP contribution in [0.2, 0.25) is 0 Å². The summed E-state index contributed by atoms with van der Waals surface area (Å²) < 4.78 is 0. The highest BCUT2D eigenvalue weighted by atomic mass is 16.2. The SMILES string of the molecule is CC1CC(C)(C)NC(=O)N1. The highest BCUT2D eigenvalue weighted by Gasteiger charge is 2.28. The Morgan fingerprint density at radius 1 is 1.60 bits per heavy atom. The Balaban J connectivity index is 2.59. The van der Waals surface area contributed by atoms with Gasteiger partial charge in [-0.1, -0.05) is 0 Å². The van der Waals surface area contributed by atoms with Crippen LogP contribution in [-0.4, -0.2) is 17.6 Å². The lowest BCUT2D eigenvalue weighted by molar-refractivity contribution is 0.204. The highest BCUT2D eigenvalue weighted by Crippen LogP contribution is 2.14. The second-order valence-corrected chi connectivity index (χ2v) is 3.59. The van der Waals surface area contributed by atoms with E-state index in [1.165, 1.54) is 0 Å². The van der Waals surface area contributed by atoms with Crippen LogP contribution in [0.4, 0.5) is 4.79 Å². The molecule has 10 heavy (non-hydrogen) atoms. The van der Waals surface area contributed by atoms with Gasteiger partial charge in [-0.3, -0.25) is 0 Å². The van der Waals surface area contributed by atoms with Gasteiger partial charge in [0.1, 0.15) is 0 Å². The van der Waals surface area contributed by atoms with E-state index >= 15 is 0 Å². The van der Waals surface area contributed by atoms with Crippen LogP contribution in [0.3, 0.4) is 0 Å². The molecule has 3 nitrogen and oxygen atoms in total. The van der Waals surface area contributed by atoms with Gasteiger partial charge in [-0.25, -0.2) is 4.79 Å². The molecule has 1 aliphatic rings. The third-order valence-corrected chi connectivity index (χ3v) is 1.65. The highest BCUT2D eigenvalue weighted by molar-refractivity contribution is 5.76. The zero-order valence-electron chi connectivity index (χ0n) is 6.69. The summed E-state index contributed by atoms with van der Waals surface area (Å²) in [5.74, 6) is 0. The van der Waals surface area contributed by atoms with Crippen LogP contribution in [0.25, 0.3) is 0 Å². The van der Waals surface area contributed by atoms with Gasteiger partial charge in [-0.2, -0.15) is 0 Å². The summed E-state index contributed by atoms with van der Waals surface area (Å²) in [5.41, 5.74) is -0.0399. The molecule has 58 valence electrons. The molecule has 0 radical (unpaired) electrons. The summed E-state index contributed by atoms with van der Waals surface area (Å²) in [6.45, 7) is 6.07. The molecule has 3 heteroatoms. The molecule has 0 aliphatic carbocycles. The van der Waals surface area contributed by atoms with Gasteiger partial charge in [0, 0.05) is 11.6 Å². The lowest BCUT2D eigenvalue weighted by atomic mass is 9.94. The van der Waals surface area contributed by atoms with Gasteiger partial charge in [0.15, 0.2) is 0 Å². The minimum absolute atomic E-state index is 0.0399. The molecular formula is C7H14N2O. The zero-order valence-corrected chi connectivity index (χ0v) is 6.69. The van der Waals surface area contributed by atoms with E-state index in [1.54, 1.807) is 0 Å². The molecular weight excluding hydrogens is 128 g/mol. The lowest BCUT2D eigenvalue weighted by Crippen LogP contribution is -2.58. The molecule has 0 aromatic carbocycles. The van der Waals surface area contributed by atoms with Crippen LogP contribution in [0.5, 0.6) is 0 Å².